The van der Waals surface area contributed by atoms with Crippen LogP contribution in [-0.4, -0.2) is 10.2 Å². The molecular weight excluding hydrogens is 246 g/mol. The van der Waals surface area contributed by atoms with Crippen molar-refractivity contribution in [2.75, 3.05) is 5.32 Å². The van der Waals surface area contributed by atoms with Crippen molar-refractivity contribution in [1.82, 2.24) is 10.2 Å². The monoisotopic (exact) mass is 261 g/mol. The minimum absolute atomic E-state index is 0.368. The summed E-state index contributed by atoms with van der Waals surface area (Å²) in [6, 6.07) is 6.54. The van der Waals surface area contributed by atoms with Crippen molar-refractivity contribution in [3.8, 4) is 0 Å². The lowest BCUT2D eigenvalue weighted by Crippen LogP contribution is -2.08. The number of hydrogen-bond donors (Lipinski definition) is 2. The molecule has 0 fully saturated rings. The molecule has 1 aromatic carbocycles. The number of nitrogens with one attached hydrogen (secondary N) is 2. The molecule has 94 valence electrons. The van der Waals surface area contributed by atoms with Crippen molar-refractivity contribution in [2.24, 2.45) is 0 Å². The lowest BCUT2D eigenvalue weighted by molar-refractivity contribution is 0.760. The molecule has 0 saturated heterocycles. The smallest absolute Gasteiger partial charge is 0.0825 e. The van der Waals surface area contributed by atoms with E-state index in [0.29, 0.717) is 6.04 Å². The third kappa shape index (κ3) is 1.89. The van der Waals surface area contributed by atoms with Gasteiger partial charge in [-0.15, -0.1) is 0 Å². The topological polar surface area (TPSA) is 40.7 Å². The second-order valence-electron chi connectivity index (χ2n) is 4.89. The SMILES string of the molecule is Cc1n[nH]c(C)c1NC1CCc2cc(Cl)ccc21. The minimum Gasteiger partial charge on any atom is -0.375 e. The Morgan fingerprint density at radius 2 is 2.22 bits per heavy atom. The molecule has 0 amide bonds. The molecule has 0 bridgehead atoms. The number of rotatable bonds is 2. The van der Waals surface area contributed by atoms with Crippen LogP contribution in [0.15, 0.2) is 18.2 Å². The standard InChI is InChI=1S/C14H16ClN3/c1-8-14(9(2)18-17-8)16-13-6-3-10-7-11(15)4-5-12(10)13/h4-5,7,13,16H,3,6H2,1-2H3,(H,17,18). The number of halogens is 1. The predicted molar refractivity (Wildman–Crippen MR) is 74.2 cm³/mol. The lowest BCUT2D eigenvalue weighted by Gasteiger charge is -2.15. The normalized spacial score (nSPS) is 17.8. The molecule has 4 heteroatoms. The molecular formula is C14H16ClN3. The molecule has 1 aliphatic carbocycles. The first kappa shape index (κ1) is 11.6. The van der Waals surface area contributed by atoms with Gasteiger partial charge in [-0.25, -0.2) is 0 Å². The zero-order valence-corrected chi connectivity index (χ0v) is 11.3. The quantitative estimate of drug-likeness (QED) is 0.864. The van der Waals surface area contributed by atoms with Crippen molar-refractivity contribution in [3.63, 3.8) is 0 Å². The van der Waals surface area contributed by atoms with Gasteiger partial charge in [0.15, 0.2) is 0 Å². The third-order valence-corrected chi connectivity index (χ3v) is 3.86. The molecule has 0 spiro atoms. The fourth-order valence-corrected chi connectivity index (χ4v) is 2.87. The number of aromatic amines is 1. The highest BCUT2D eigenvalue weighted by Gasteiger charge is 2.23. The van der Waals surface area contributed by atoms with Crippen LogP contribution >= 0.6 is 11.6 Å². The van der Waals surface area contributed by atoms with Crippen molar-refractivity contribution in [1.29, 1.82) is 0 Å². The van der Waals surface area contributed by atoms with Gasteiger partial charge in [-0.3, -0.25) is 5.10 Å². The number of anilines is 1. The van der Waals surface area contributed by atoms with Crippen LogP contribution in [0.2, 0.25) is 5.02 Å². The van der Waals surface area contributed by atoms with Crippen LogP contribution in [0.4, 0.5) is 5.69 Å². The summed E-state index contributed by atoms with van der Waals surface area (Å²) >= 11 is 6.03. The largest absolute Gasteiger partial charge is 0.375 e. The Balaban J connectivity index is 1.89. The van der Waals surface area contributed by atoms with Gasteiger partial charge in [-0.05, 0) is 49.9 Å². The molecule has 0 radical (unpaired) electrons. The number of benzene rings is 1. The average Bonchev–Trinajstić information content (AvgIpc) is 2.87. The van der Waals surface area contributed by atoms with E-state index in [1.54, 1.807) is 0 Å². The van der Waals surface area contributed by atoms with E-state index in [0.717, 1.165) is 34.9 Å². The zero-order chi connectivity index (χ0) is 12.7. The van der Waals surface area contributed by atoms with E-state index >= 15 is 0 Å². The molecule has 2 aromatic rings. The van der Waals surface area contributed by atoms with Crippen molar-refractivity contribution in [3.05, 3.63) is 45.7 Å². The van der Waals surface area contributed by atoms with Gasteiger partial charge >= 0.3 is 0 Å². The number of fused-ring (bicyclic) bond motifs is 1. The molecule has 1 aromatic heterocycles. The van der Waals surface area contributed by atoms with Gasteiger partial charge in [0.2, 0.25) is 0 Å². The van der Waals surface area contributed by atoms with Gasteiger partial charge < -0.3 is 5.32 Å². The summed E-state index contributed by atoms with van der Waals surface area (Å²) in [5.41, 5.74) is 5.96. The Morgan fingerprint density at radius 1 is 1.39 bits per heavy atom. The van der Waals surface area contributed by atoms with Gasteiger partial charge in [0.25, 0.3) is 0 Å². The van der Waals surface area contributed by atoms with E-state index < -0.39 is 0 Å². The Hall–Kier alpha value is -1.48. The average molecular weight is 262 g/mol. The Kier molecular flexibility index (Phi) is 2.78. The Morgan fingerprint density at radius 3 is 2.94 bits per heavy atom. The van der Waals surface area contributed by atoms with E-state index in [9.17, 15) is 0 Å². The first-order valence-electron chi connectivity index (χ1n) is 6.21. The van der Waals surface area contributed by atoms with Gasteiger partial charge in [0.1, 0.15) is 0 Å². The van der Waals surface area contributed by atoms with Crippen LogP contribution in [0.25, 0.3) is 0 Å². The fourth-order valence-electron chi connectivity index (χ4n) is 2.67. The van der Waals surface area contributed by atoms with E-state index in [1.165, 1.54) is 11.1 Å². The van der Waals surface area contributed by atoms with Crippen molar-refractivity contribution < 1.29 is 0 Å². The summed E-state index contributed by atoms with van der Waals surface area (Å²) in [5.74, 6) is 0. The van der Waals surface area contributed by atoms with E-state index in [4.69, 9.17) is 11.6 Å². The number of H-pyrrole nitrogens is 1. The maximum atomic E-state index is 6.03. The van der Waals surface area contributed by atoms with Gasteiger partial charge in [0.05, 0.1) is 23.1 Å². The maximum absolute atomic E-state index is 6.03. The molecule has 0 aliphatic heterocycles. The summed E-state index contributed by atoms with van der Waals surface area (Å²) in [7, 11) is 0. The molecule has 1 unspecified atom stereocenters. The van der Waals surface area contributed by atoms with E-state index in [-0.39, 0.29) is 0 Å². The highest BCUT2D eigenvalue weighted by Crippen LogP contribution is 2.36. The summed E-state index contributed by atoms with van der Waals surface area (Å²) in [5, 5.41) is 11.7. The van der Waals surface area contributed by atoms with Crippen LogP contribution in [0.5, 0.6) is 0 Å². The Bertz CT molecular complexity index is 569. The van der Waals surface area contributed by atoms with Crippen LogP contribution in [-0.2, 0) is 6.42 Å². The van der Waals surface area contributed by atoms with E-state index in [1.807, 2.05) is 19.9 Å². The predicted octanol–water partition coefficient (Wildman–Crippen LogP) is 3.78. The molecule has 3 rings (SSSR count). The van der Waals surface area contributed by atoms with Gasteiger partial charge in [-0.2, -0.15) is 5.10 Å². The van der Waals surface area contributed by atoms with E-state index in [2.05, 4.69) is 27.6 Å². The summed E-state index contributed by atoms with van der Waals surface area (Å²) < 4.78 is 0. The summed E-state index contributed by atoms with van der Waals surface area (Å²) in [6.45, 7) is 4.06. The first-order chi connectivity index (χ1) is 8.65. The maximum Gasteiger partial charge on any atom is 0.0825 e. The Labute approximate surface area is 112 Å². The van der Waals surface area contributed by atoms with Gasteiger partial charge in [-0.1, -0.05) is 17.7 Å². The molecule has 2 N–H and O–H groups in total. The fraction of sp³-hybridized carbons (Fsp3) is 0.357. The number of aryl methyl sites for hydroxylation is 3. The van der Waals surface area contributed by atoms with Crippen LogP contribution in [0.3, 0.4) is 0 Å². The van der Waals surface area contributed by atoms with Crippen LogP contribution in [0, 0.1) is 13.8 Å². The van der Waals surface area contributed by atoms with Gasteiger partial charge in [0, 0.05) is 5.02 Å². The third-order valence-electron chi connectivity index (χ3n) is 3.63. The highest BCUT2D eigenvalue weighted by molar-refractivity contribution is 6.30. The minimum atomic E-state index is 0.368. The molecule has 18 heavy (non-hydrogen) atoms. The molecule has 1 aliphatic rings. The first-order valence-corrected chi connectivity index (χ1v) is 6.59. The molecule has 1 atom stereocenters. The summed E-state index contributed by atoms with van der Waals surface area (Å²) in [4.78, 5) is 0. The molecule has 3 nitrogen and oxygen atoms in total. The number of aromatic nitrogens is 2. The lowest BCUT2D eigenvalue weighted by atomic mass is 10.1. The number of nitrogens with zero attached hydrogens (tertiary/aromatic N) is 1. The highest BCUT2D eigenvalue weighted by atomic mass is 35.5. The molecule has 1 heterocycles. The second-order valence-corrected chi connectivity index (χ2v) is 5.32. The number of hydrogen-bond acceptors (Lipinski definition) is 2. The molecule has 0 saturated carbocycles. The van der Waals surface area contributed by atoms with Crippen LogP contribution in [0.1, 0.15) is 35.0 Å². The zero-order valence-electron chi connectivity index (χ0n) is 10.5. The summed E-state index contributed by atoms with van der Waals surface area (Å²) in [6.07, 6.45) is 2.20. The van der Waals surface area contributed by atoms with Crippen molar-refractivity contribution >= 4 is 17.3 Å². The van der Waals surface area contributed by atoms with Crippen molar-refractivity contribution in [2.45, 2.75) is 32.7 Å². The van der Waals surface area contributed by atoms with Crippen LogP contribution < -0.4 is 5.32 Å². The second kappa shape index (κ2) is 4.32.